The third-order valence-corrected chi connectivity index (χ3v) is 6.47. The van der Waals surface area contributed by atoms with E-state index in [-0.39, 0.29) is 11.3 Å². The lowest BCUT2D eigenvalue weighted by Gasteiger charge is -2.33. The second-order valence-electron chi connectivity index (χ2n) is 8.63. The Bertz CT molecular complexity index is 1190. The fourth-order valence-electron chi connectivity index (χ4n) is 4.22. The maximum Gasteiger partial charge on any atom is 0.270 e. The summed E-state index contributed by atoms with van der Waals surface area (Å²) >= 11 is 6.19. The van der Waals surface area contributed by atoms with Crippen LogP contribution >= 0.6 is 11.6 Å². The molecule has 0 radical (unpaired) electrons. The van der Waals surface area contributed by atoms with Crippen LogP contribution in [0, 0.1) is 16.0 Å². The molecule has 2 N–H and O–H groups in total. The maximum atomic E-state index is 13.4. The molecule has 1 fully saturated rings. The van der Waals surface area contributed by atoms with E-state index in [9.17, 15) is 20.0 Å². The molecule has 0 aliphatic carbocycles. The molecule has 3 aromatic rings. The van der Waals surface area contributed by atoms with Crippen LogP contribution in [0.1, 0.15) is 47.4 Å². The number of anilines is 2. The zero-order valence-electron chi connectivity index (χ0n) is 18.8. The van der Waals surface area contributed by atoms with Crippen LogP contribution < -0.4 is 10.2 Å². The Morgan fingerprint density at radius 2 is 1.82 bits per heavy atom. The van der Waals surface area contributed by atoms with E-state index in [1.165, 1.54) is 12.1 Å². The monoisotopic (exact) mass is 479 g/mol. The summed E-state index contributed by atoms with van der Waals surface area (Å²) in [5, 5.41) is 25.7. The number of hydrogen-bond donors (Lipinski definition) is 2. The van der Waals surface area contributed by atoms with E-state index < -0.39 is 16.9 Å². The first-order valence-corrected chi connectivity index (χ1v) is 11.6. The van der Waals surface area contributed by atoms with Crippen LogP contribution in [0.25, 0.3) is 0 Å². The van der Waals surface area contributed by atoms with E-state index in [0.29, 0.717) is 33.4 Å². The van der Waals surface area contributed by atoms with Gasteiger partial charge in [-0.25, -0.2) is 0 Å². The predicted octanol–water partition coefficient (Wildman–Crippen LogP) is 5.82. The molecule has 1 atom stereocenters. The van der Waals surface area contributed by atoms with Gasteiger partial charge in [-0.15, -0.1) is 0 Å². The molecule has 34 heavy (non-hydrogen) atoms. The van der Waals surface area contributed by atoms with Crippen LogP contribution in [-0.2, 0) is 0 Å². The number of non-ortho nitro benzene ring substituents is 1. The van der Waals surface area contributed by atoms with E-state index in [1.54, 1.807) is 36.4 Å². The molecular formula is C26H26ClN3O4. The van der Waals surface area contributed by atoms with Crippen LogP contribution in [-0.4, -0.2) is 29.0 Å². The van der Waals surface area contributed by atoms with Gasteiger partial charge in [0.15, 0.2) is 0 Å². The lowest BCUT2D eigenvalue weighted by atomic mass is 9.97. The Kier molecular flexibility index (Phi) is 7.14. The van der Waals surface area contributed by atoms with Gasteiger partial charge >= 0.3 is 0 Å². The lowest BCUT2D eigenvalue weighted by molar-refractivity contribution is -0.384. The third-order valence-electron chi connectivity index (χ3n) is 6.23. The number of nitrogens with one attached hydrogen (secondary N) is 1. The SMILES string of the molecule is CC1CCN(c2ccc([N+](=O)[O-])cc2C(=O)Nc2ccc(Cl)cc2[C@H](O)c2ccccc2)CC1. The molecule has 1 aliphatic rings. The van der Waals surface area contributed by atoms with Gasteiger partial charge in [-0.1, -0.05) is 48.9 Å². The number of benzene rings is 3. The number of nitro groups is 1. The van der Waals surface area contributed by atoms with Crippen molar-refractivity contribution in [3.63, 3.8) is 0 Å². The zero-order valence-corrected chi connectivity index (χ0v) is 19.5. The number of carbonyl (C=O) groups is 1. The second-order valence-corrected chi connectivity index (χ2v) is 9.06. The van der Waals surface area contributed by atoms with E-state index in [1.807, 2.05) is 18.2 Å². The fraction of sp³-hybridized carbons (Fsp3) is 0.269. The van der Waals surface area contributed by atoms with Crippen LogP contribution in [0.4, 0.5) is 17.1 Å². The van der Waals surface area contributed by atoms with Crippen molar-refractivity contribution >= 4 is 34.6 Å². The number of nitrogens with zero attached hydrogens (tertiary/aromatic N) is 2. The van der Waals surface area contributed by atoms with Crippen LogP contribution in [0.5, 0.6) is 0 Å². The molecule has 4 rings (SSSR count). The summed E-state index contributed by atoms with van der Waals surface area (Å²) in [4.78, 5) is 26.4. The van der Waals surface area contributed by atoms with Crippen molar-refractivity contribution in [3.8, 4) is 0 Å². The highest BCUT2D eigenvalue weighted by Gasteiger charge is 2.25. The summed E-state index contributed by atoms with van der Waals surface area (Å²) in [5.41, 5.74) is 2.20. The summed E-state index contributed by atoms with van der Waals surface area (Å²) in [6.45, 7) is 3.75. The highest BCUT2D eigenvalue weighted by molar-refractivity contribution is 6.30. The molecule has 8 heteroatoms. The van der Waals surface area contributed by atoms with Gasteiger partial charge in [0, 0.05) is 41.5 Å². The summed E-state index contributed by atoms with van der Waals surface area (Å²) in [6, 6.07) is 18.3. The minimum atomic E-state index is -1.01. The molecule has 1 aliphatic heterocycles. The number of aliphatic hydroxyl groups excluding tert-OH is 1. The molecule has 176 valence electrons. The summed E-state index contributed by atoms with van der Waals surface area (Å²) in [6.07, 6.45) is 0.967. The molecule has 0 aromatic heterocycles. The average Bonchev–Trinajstić information content (AvgIpc) is 2.85. The molecular weight excluding hydrogens is 454 g/mol. The van der Waals surface area contributed by atoms with Crippen molar-refractivity contribution < 1.29 is 14.8 Å². The lowest BCUT2D eigenvalue weighted by Crippen LogP contribution is -2.34. The first-order chi connectivity index (χ1) is 16.3. The van der Waals surface area contributed by atoms with Crippen molar-refractivity contribution in [1.82, 2.24) is 0 Å². The van der Waals surface area contributed by atoms with Gasteiger partial charge in [-0.3, -0.25) is 14.9 Å². The van der Waals surface area contributed by atoms with Crippen LogP contribution in [0.3, 0.4) is 0 Å². The second kappa shape index (κ2) is 10.2. The van der Waals surface area contributed by atoms with Gasteiger partial charge in [-0.05, 0) is 48.6 Å². The molecule has 0 unspecified atom stereocenters. The van der Waals surface area contributed by atoms with E-state index >= 15 is 0 Å². The Hall–Kier alpha value is -3.42. The number of rotatable bonds is 6. The number of nitro benzene ring substituents is 1. The standard InChI is InChI=1S/C26H26ClN3O4/c1-17-11-13-29(14-12-17)24-10-8-20(30(33)34)16-22(24)26(32)28-23-9-7-19(27)15-21(23)25(31)18-5-3-2-4-6-18/h2-10,15-17,25,31H,11-14H2,1H3,(H,28,32)/t25-/m1/s1. The molecule has 0 saturated carbocycles. The van der Waals surface area contributed by atoms with E-state index in [4.69, 9.17) is 11.6 Å². The van der Waals surface area contributed by atoms with E-state index in [2.05, 4.69) is 17.1 Å². The molecule has 1 amide bonds. The number of hydrogen-bond acceptors (Lipinski definition) is 5. The molecule has 7 nitrogen and oxygen atoms in total. The highest BCUT2D eigenvalue weighted by atomic mass is 35.5. The average molecular weight is 480 g/mol. The Labute approximate surface area is 203 Å². The van der Waals surface area contributed by atoms with Gasteiger partial charge < -0.3 is 15.3 Å². The smallest absolute Gasteiger partial charge is 0.270 e. The number of piperidine rings is 1. The van der Waals surface area contributed by atoms with Crippen LogP contribution in [0.2, 0.25) is 5.02 Å². The van der Waals surface area contributed by atoms with E-state index in [0.717, 1.165) is 25.9 Å². The number of aliphatic hydroxyl groups is 1. The molecule has 1 saturated heterocycles. The normalized spacial score (nSPS) is 15.1. The van der Waals surface area contributed by atoms with Crippen molar-refractivity contribution in [3.05, 3.63) is 98.6 Å². The minimum Gasteiger partial charge on any atom is -0.384 e. The minimum absolute atomic E-state index is 0.153. The van der Waals surface area contributed by atoms with Crippen LogP contribution in [0.15, 0.2) is 66.7 Å². The van der Waals surface area contributed by atoms with Gasteiger partial charge in [0.25, 0.3) is 11.6 Å². The zero-order chi connectivity index (χ0) is 24.2. The van der Waals surface area contributed by atoms with Gasteiger partial charge in [0.2, 0.25) is 0 Å². The summed E-state index contributed by atoms with van der Waals surface area (Å²) in [5.74, 6) is 0.115. The maximum absolute atomic E-state index is 13.4. The Morgan fingerprint density at radius 1 is 1.12 bits per heavy atom. The van der Waals surface area contributed by atoms with Gasteiger partial charge in [-0.2, -0.15) is 0 Å². The first kappa shape index (κ1) is 23.7. The van der Waals surface area contributed by atoms with Crippen molar-refractivity contribution in [2.45, 2.75) is 25.9 Å². The van der Waals surface area contributed by atoms with Gasteiger partial charge in [0.1, 0.15) is 6.10 Å². The molecule has 1 heterocycles. The Morgan fingerprint density at radius 3 is 2.50 bits per heavy atom. The molecule has 0 spiro atoms. The Balaban J connectivity index is 1.69. The predicted molar refractivity (Wildman–Crippen MR) is 134 cm³/mol. The molecule has 0 bridgehead atoms. The largest absolute Gasteiger partial charge is 0.384 e. The number of amides is 1. The summed E-state index contributed by atoms with van der Waals surface area (Å²) in [7, 11) is 0. The van der Waals surface area contributed by atoms with Crippen molar-refractivity contribution in [2.75, 3.05) is 23.3 Å². The molecule has 3 aromatic carbocycles. The van der Waals surface area contributed by atoms with Crippen molar-refractivity contribution in [2.24, 2.45) is 5.92 Å². The quantitative estimate of drug-likeness (QED) is 0.343. The number of carbonyl (C=O) groups excluding carboxylic acids is 1. The van der Waals surface area contributed by atoms with Crippen molar-refractivity contribution in [1.29, 1.82) is 0 Å². The van der Waals surface area contributed by atoms with Gasteiger partial charge in [0.05, 0.1) is 16.2 Å². The fourth-order valence-corrected chi connectivity index (χ4v) is 4.40. The topological polar surface area (TPSA) is 95.7 Å². The third kappa shape index (κ3) is 5.21. The first-order valence-electron chi connectivity index (χ1n) is 11.2. The highest BCUT2D eigenvalue weighted by Crippen LogP contribution is 2.33. The number of halogens is 1. The summed E-state index contributed by atoms with van der Waals surface area (Å²) < 4.78 is 0.